The Labute approximate surface area is 200 Å². The number of sulfonamides is 1. The standard InChI is InChI=1S/C24H30ClN3O4S/c1-32-20-6-4-19(5-7-20)10-13-26-14-16-27(17-15-26)24(29)22-18-21(8-9-23(22)25)33(30,31)28-11-2-3-12-28/h4-9,18H,2-3,10-17H2,1H3. The minimum Gasteiger partial charge on any atom is -0.497 e. The Hall–Kier alpha value is -2.13. The van der Waals surface area contributed by atoms with Crippen LogP contribution in [0.2, 0.25) is 5.02 Å². The molecule has 0 radical (unpaired) electrons. The van der Waals surface area contributed by atoms with Crippen molar-refractivity contribution >= 4 is 27.5 Å². The molecule has 178 valence electrons. The quantitative estimate of drug-likeness (QED) is 0.595. The first-order valence-electron chi connectivity index (χ1n) is 11.3. The van der Waals surface area contributed by atoms with E-state index in [1.54, 1.807) is 12.0 Å². The van der Waals surface area contributed by atoms with Crippen LogP contribution in [-0.2, 0) is 16.4 Å². The summed E-state index contributed by atoms with van der Waals surface area (Å²) in [6.45, 7) is 4.66. The first-order valence-corrected chi connectivity index (χ1v) is 13.1. The van der Waals surface area contributed by atoms with E-state index < -0.39 is 10.0 Å². The number of piperazine rings is 1. The lowest BCUT2D eigenvalue weighted by Gasteiger charge is -2.35. The van der Waals surface area contributed by atoms with Crippen LogP contribution in [0, 0.1) is 0 Å². The van der Waals surface area contributed by atoms with Crippen LogP contribution in [0.5, 0.6) is 5.75 Å². The highest BCUT2D eigenvalue weighted by Gasteiger charge is 2.30. The molecule has 2 heterocycles. The number of halogens is 1. The highest BCUT2D eigenvalue weighted by atomic mass is 35.5. The lowest BCUT2D eigenvalue weighted by Crippen LogP contribution is -2.49. The first-order chi connectivity index (χ1) is 15.9. The van der Waals surface area contributed by atoms with E-state index in [0.717, 1.165) is 44.6 Å². The maximum absolute atomic E-state index is 13.2. The van der Waals surface area contributed by atoms with Gasteiger partial charge in [-0.1, -0.05) is 23.7 Å². The summed E-state index contributed by atoms with van der Waals surface area (Å²) in [5.74, 6) is 0.634. The van der Waals surface area contributed by atoms with Crippen molar-refractivity contribution in [2.24, 2.45) is 0 Å². The zero-order valence-electron chi connectivity index (χ0n) is 18.9. The lowest BCUT2D eigenvalue weighted by atomic mass is 10.1. The molecule has 2 aliphatic heterocycles. The molecule has 2 aliphatic rings. The number of benzene rings is 2. The number of nitrogens with zero attached hydrogens (tertiary/aromatic N) is 3. The lowest BCUT2D eigenvalue weighted by molar-refractivity contribution is 0.0638. The Morgan fingerprint density at radius 3 is 2.27 bits per heavy atom. The molecular formula is C24H30ClN3O4S. The second kappa shape index (κ2) is 10.4. The van der Waals surface area contributed by atoms with Crippen molar-refractivity contribution < 1.29 is 17.9 Å². The molecule has 2 fully saturated rings. The summed E-state index contributed by atoms with van der Waals surface area (Å²) in [6, 6.07) is 12.5. The molecule has 0 aromatic heterocycles. The van der Waals surface area contributed by atoms with E-state index in [-0.39, 0.29) is 21.4 Å². The molecule has 0 N–H and O–H groups in total. The average Bonchev–Trinajstić information content (AvgIpc) is 3.39. The average molecular weight is 492 g/mol. The van der Waals surface area contributed by atoms with Gasteiger partial charge in [-0.05, 0) is 55.2 Å². The molecule has 2 aromatic carbocycles. The van der Waals surface area contributed by atoms with Crippen LogP contribution in [0.4, 0.5) is 0 Å². The number of methoxy groups -OCH3 is 1. The van der Waals surface area contributed by atoms with Gasteiger partial charge in [0.1, 0.15) is 5.75 Å². The Bertz CT molecular complexity index is 1080. The Kier molecular flexibility index (Phi) is 7.58. The SMILES string of the molecule is COc1ccc(CCN2CCN(C(=O)c3cc(S(=O)(=O)N4CCCC4)ccc3Cl)CC2)cc1. The number of carbonyl (C=O) groups excluding carboxylic acids is 1. The van der Waals surface area contributed by atoms with Gasteiger partial charge >= 0.3 is 0 Å². The van der Waals surface area contributed by atoms with Gasteiger partial charge in [0.25, 0.3) is 5.91 Å². The Morgan fingerprint density at radius 1 is 0.970 bits per heavy atom. The van der Waals surface area contributed by atoms with Crippen LogP contribution in [0.15, 0.2) is 47.4 Å². The van der Waals surface area contributed by atoms with Gasteiger partial charge in [0.15, 0.2) is 0 Å². The summed E-state index contributed by atoms with van der Waals surface area (Å²) in [4.78, 5) is 17.4. The highest BCUT2D eigenvalue weighted by Crippen LogP contribution is 2.26. The van der Waals surface area contributed by atoms with E-state index in [4.69, 9.17) is 16.3 Å². The summed E-state index contributed by atoms with van der Waals surface area (Å²) in [6.07, 6.45) is 2.66. The van der Waals surface area contributed by atoms with Crippen molar-refractivity contribution in [3.05, 3.63) is 58.6 Å². The highest BCUT2D eigenvalue weighted by molar-refractivity contribution is 7.89. The van der Waals surface area contributed by atoms with Crippen molar-refractivity contribution in [2.45, 2.75) is 24.2 Å². The van der Waals surface area contributed by atoms with Gasteiger partial charge in [-0.3, -0.25) is 9.69 Å². The zero-order chi connectivity index (χ0) is 23.4. The van der Waals surface area contributed by atoms with Gasteiger partial charge in [-0.15, -0.1) is 0 Å². The molecule has 0 atom stereocenters. The molecule has 0 aliphatic carbocycles. The summed E-state index contributed by atoms with van der Waals surface area (Å²) < 4.78 is 32.5. The molecule has 9 heteroatoms. The largest absolute Gasteiger partial charge is 0.497 e. The summed E-state index contributed by atoms with van der Waals surface area (Å²) in [5.41, 5.74) is 1.50. The molecule has 1 amide bonds. The molecule has 2 aromatic rings. The molecule has 0 unspecified atom stereocenters. The molecule has 0 saturated carbocycles. The number of amides is 1. The fourth-order valence-electron chi connectivity index (χ4n) is 4.33. The third-order valence-corrected chi connectivity index (χ3v) is 8.63. The third kappa shape index (κ3) is 5.51. The number of hydrogen-bond donors (Lipinski definition) is 0. The molecule has 4 rings (SSSR count). The summed E-state index contributed by atoms with van der Waals surface area (Å²) in [7, 11) is -1.94. The number of ether oxygens (including phenoxy) is 1. The predicted octanol–water partition coefficient (Wildman–Crippen LogP) is 3.13. The van der Waals surface area contributed by atoms with Crippen LogP contribution in [0.25, 0.3) is 0 Å². The van der Waals surface area contributed by atoms with Gasteiger partial charge in [-0.25, -0.2) is 8.42 Å². The van der Waals surface area contributed by atoms with Gasteiger partial charge in [-0.2, -0.15) is 4.31 Å². The Morgan fingerprint density at radius 2 is 1.64 bits per heavy atom. The van der Waals surface area contributed by atoms with Crippen LogP contribution < -0.4 is 4.74 Å². The maximum atomic E-state index is 13.2. The van der Waals surface area contributed by atoms with Crippen molar-refractivity contribution in [3.8, 4) is 5.75 Å². The Balaban J connectivity index is 1.36. The smallest absolute Gasteiger partial charge is 0.255 e. The van der Waals surface area contributed by atoms with Crippen LogP contribution >= 0.6 is 11.6 Å². The second-order valence-electron chi connectivity index (χ2n) is 8.48. The van der Waals surface area contributed by atoms with E-state index in [1.807, 2.05) is 12.1 Å². The topological polar surface area (TPSA) is 70.2 Å². The minimum absolute atomic E-state index is 0.135. The zero-order valence-corrected chi connectivity index (χ0v) is 20.4. The molecule has 0 spiro atoms. The molecule has 33 heavy (non-hydrogen) atoms. The number of carbonyl (C=O) groups is 1. The third-order valence-electron chi connectivity index (χ3n) is 6.41. The normalized spacial score (nSPS) is 17.9. The second-order valence-corrected chi connectivity index (χ2v) is 10.8. The number of hydrogen-bond acceptors (Lipinski definition) is 5. The van der Waals surface area contributed by atoms with E-state index in [0.29, 0.717) is 26.2 Å². The summed E-state index contributed by atoms with van der Waals surface area (Å²) in [5, 5.41) is 0.280. The molecule has 0 bridgehead atoms. The van der Waals surface area contributed by atoms with Crippen molar-refractivity contribution in [3.63, 3.8) is 0 Å². The van der Waals surface area contributed by atoms with Gasteiger partial charge < -0.3 is 9.64 Å². The fraction of sp³-hybridized carbons (Fsp3) is 0.458. The summed E-state index contributed by atoms with van der Waals surface area (Å²) >= 11 is 6.31. The van der Waals surface area contributed by atoms with Crippen LogP contribution in [0.3, 0.4) is 0 Å². The minimum atomic E-state index is -3.60. The van der Waals surface area contributed by atoms with Crippen LogP contribution in [0.1, 0.15) is 28.8 Å². The van der Waals surface area contributed by atoms with Crippen LogP contribution in [-0.4, -0.2) is 81.4 Å². The molecular weight excluding hydrogens is 462 g/mol. The predicted molar refractivity (Wildman–Crippen MR) is 128 cm³/mol. The molecule has 7 nitrogen and oxygen atoms in total. The van der Waals surface area contributed by atoms with Gasteiger partial charge in [0.2, 0.25) is 10.0 Å². The fourth-order valence-corrected chi connectivity index (χ4v) is 6.07. The van der Waals surface area contributed by atoms with E-state index in [9.17, 15) is 13.2 Å². The maximum Gasteiger partial charge on any atom is 0.255 e. The molecule has 2 saturated heterocycles. The van der Waals surface area contributed by atoms with E-state index in [2.05, 4.69) is 17.0 Å². The van der Waals surface area contributed by atoms with Crippen molar-refractivity contribution in [2.75, 3.05) is 52.9 Å². The monoisotopic (exact) mass is 491 g/mol. The van der Waals surface area contributed by atoms with E-state index in [1.165, 1.54) is 28.1 Å². The number of rotatable bonds is 7. The van der Waals surface area contributed by atoms with Gasteiger partial charge in [0, 0.05) is 45.8 Å². The van der Waals surface area contributed by atoms with Crippen molar-refractivity contribution in [1.29, 1.82) is 0 Å². The van der Waals surface area contributed by atoms with E-state index >= 15 is 0 Å². The van der Waals surface area contributed by atoms with Crippen molar-refractivity contribution in [1.82, 2.24) is 14.1 Å². The van der Waals surface area contributed by atoms with Gasteiger partial charge in [0.05, 0.1) is 22.6 Å². The first kappa shape index (κ1) is 24.0.